The molecule has 1 aromatic carbocycles. The molecule has 4 rings (SSSR count). The largest absolute Gasteiger partial charge is 0.468 e. The van der Waals surface area contributed by atoms with Crippen molar-refractivity contribution in [2.24, 2.45) is 16.7 Å². The molecule has 0 aliphatic heterocycles. The van der Waals surface area contributed by atoms with Gasteiger partial charge >= 0.3 is 5.97 Å². The van der Waals surface area contributed by atoms with Gasteiger partial charge in [-0.1, -0.05) is 49.7 Å². The van der Waals surface area contributed by atoms with E-state index < -0.39 is 27.3 Å². The summed E-state index contributed by atoms with van der Waals surface area (Å²) in [6, 6.07) is 10.9. The fourth-order valence-corrected chi connectivity index (χ4v) is 7.62. The molecule has 2 aliphatic carbocycles. The summed E-state index contributed by atoms with van der Waals surface area (Å²) >= 11 is 7.86. The molecule has 0 radical (unpaired) electrons. The Bertz CT molecular complexity index is 1150. The van der Waals surface area contributed by atoms with E-state index in [0.29, 0.717) is 24.4 Å². The van der Waals surface area contributed by atoms with Crippen molar-refractivity contribution < 1.29 is 27.3 Å². The molecule has 0 saturated heterocycles. The van der Waals surface area contributed by atoms with E-state index in [1.54, 1.807) is 17.4 Å². The molecule has 1 heterocycles. The van der Waals surface area contributed by atoms with Crippen LogP contribution in [0.2, 0.25) is 5.02 Å². The molecule has 2 aliphatic rings. The summed E-state index contributed by atoms with van der Waals surface area (Å²) in [5.41, 5.74) is -0.377. The summed E-state index contributed by atoms with van der Waals surface area (Å²) in [6.07, 6.45) is 2.84. The molecular formula is C25H32ClNO6S2. The van der Waals surface area contributed by atoms with E-state index >= 15 is 0 Å². The number of ether oxygens (including phenoxy) is 1. The van der Waals surface area contributed by atoms with Crippen LogP contribution in [0.3, 0.4) is 0 Å². The number of carbonyl (C=O) groups is 2. The lowest BCUT2D eigenvalue weighted by molar-refractivity contribution is -0.143. The van der Waals surface area contributed by atoms with Crippen molar-refractivity contribution in [1.82, 2.24) is 5.32 Å². The quantitative estimate of drug-likeness (QED) is 0.367. The van der Waals surface area contributed by atoms with Crippen molar-refractivity contribution in [2.45, 2.75) is 45.6 Å². The van der Waals surface area contributed by atoms with Crippen LogP contribution in [0.25, 0.3) is 0 Å². The third kappa shape index (κ3) is 6.14. The second-order valence-corrected chi connectivity index (χ2v) is 12.5. The lowest BCUT2D eigenvalue weighted by atomic mass is 9.70. The summed E-state index contributed by atoms with van der Waals surface area (Å²) in [5, 5.41) is 5.82. The molecule has 7 nitrogen and oxygen atoms in total. The van der Waals surface area contributed by atoms with Crippen molar-refractivity contribution in [1.29, 1.82) is 0 Å². The van der Waals surface area contributed by atoms with Crippen LogP contribution < -0.4 is 5.32 Å². The smallest absolute Gasteiger partial charge is 0.327 e. The molecule has 2 N–H and O–H groups in total. The van der Waals surface area contributed by atoms with E-state index in [1.165, 1.54) is 12.0 Å². The van der Waals surface area contributed by atoms with Crippen molar-refractivity contribution in [3.05, 3.63) is 57.2 Å². The molecule has 2 saturated carbocycles. The first-order valence-corrected chi connectivity index (χ1v) is 14.3. The normalized spacial score (nSPS) is 23.5. The SMILES string of the molecule is CC1(C)[C@@H]2CC[C@@]1(CS(=O)(=O)O)C(=O)C2.COC(=O)C(NCCc1cccs1)c1ccccc1Cl. The fourth-order valence-electron chi connectivity index (χ4n) is 5.36. The highest BCUT2D eigenvalue weighted by atomic mass is 35.5. The van der Waals surface area contributed by atoms with Crippen LogP contribution in [0.5, 0.6) is 0 Å². The number of benzene rings is 1. The molecule has 2 bridgehead atoms. The van der Waals surface area contributed by atoms with Crippen LogP contribution in [0.15, 0.2) is 41.8 Å². The highest BCUT2D eigenvalue weighted by molar-refractivity contribution is 7.85. The van der Waals surface area contributed by atoms with Gasteiger partial charge in [0.1, 0.15) is 11.8 Å². The summed E-state index contributed by atoms with van der Waals surface area (Å²) in [4.78, 5) is 25.1. The summed E-state index contributed by atoms with van der Waals surface area (Å²) in [6.45, 7) is 4.58. The minimum atomic E-state index is -4.08. The maximum atomic E-state index is 11.9. The Kier molecular flexibility index (Phi) is 8.81. The zero-order valence-electron chi connectivity index (χ0n) is 20.1. The van der Waals surface area contributed by atoms with Crippen LogP contribution >= 0.6 is 22.9 Å². The molecule has 35 heavy (non-hydrogen) atoms. The molecule has 1 aromatic heterocycles. The van der Waals surface area contributed by atoms with Crippen molar-refractivity contribution in [2.75, 3.05) is 19.4 Å². The van der Waals surface area contributed by atoms with Crippen LogP contribution in [-0.4, -0.2) is 44.1 Å². The Balaban J connectivity index is 0.000000203. The fraction of sp³-hybridized carbons (Fsp3) is 0.520. The first-order valence-electron chi connectivity index (χ1n) is 11.5. The number of halogens is 1. The van der Waals surface area contributed by atoms with Crippen LogP contribution in [0, 0.1) is 16.7 Å². The molecule has 0 spiro atoms. The average molecular weight is 542 g/mol. The number of hydrogen-bond acceptors (Lipinski definition) is 7. The lowest BCUT2D eigenvalue weighted by Crippen LogP contribution is -2.42. The first-order chi connectivity index (χ1) is 16.4. The summed E-state index contributed by atoms with van der Waals surface area (Å²) in [7, 11) is -2.69. The number of carbonyl (C=O) groups excluding carboxylic acids is 2. The zero-order chi connectivity index (χ0) is 25.9. The minimum absolute atomic E-state index is 0.0152. The van der Waals surface area contributed by atoms with Gasteiger partial charge in [-0.3, -0.25) is 9.35 Å². The van der Waals surface area contributed by atoms with E-state index in [1.807, 2.05) is 43.5 Å². The Labute approximate surface area is 216 Å². The Morgan fingerprint density at radius 3 is 2.51 bits per heavy atom. The molecule has 10 heteroatoms. The van der Waals surface area contributed by atoms with Crippen LogP contribution in [-0.2, 0) is 30.9 Å². The van der Waals surface area contributed by atoms with E-state index in [0.717, 1.165) is 18.4 Å². The molecule has 2 fully saturated rings. The predicted molar refractivity (Wildman–Crippen MR) is 137 cm³/mol. The van der Waals surface area contributed by atoms with Gasteiger partial charge in [0.25, 0.3) is 10.1 Å². The van der Waals surface area contributed by atoms with E-state index in [-0.39, 0.29) is 23.1 Å². The number of Topliss-reactive ketones (excluding diaryl/α,β-unsaturated/α-hetero) is 1. The summed E-state index contributed by atoms with van der Waals surface area (Å²) < 4.78 is 35.8. The maximum Gasteiger partial charge on any atom is 0.327 e. The minimum Gasteiger partial charge on any atom is -0.468 e. The Hall–Kier alpha value is -1.78. The van der Waals surface area contributed by atoms with Gasteiger partial charge in [0.2, 0.25) is 0 Å². The number of ketones is 1. The number of nitrogens with one attached hydrogen (secondary N) is 1. The number of fused-ring (bicyclic) bond motifs is 2. The molecule has 3 atom stereocenters. The topological polar surface area (TPSA) is 110 Å². The number of hydrogen-bond donors (Lipinski definition) is 2. The van der Waals surface area contributed by atoms with Crippen molar-refractivity contribution >= 4 is 44.8 Å². The molecule has 192 valence electrons. The second kappa shape index (κ2) is 11.1. The first kappa shape index (κ1) is 27.8. The molecule has 0 amide bonds. The maximum absolute atomic E-state index is 11.9. The number of rotatable bonds is 8. The van der Waals surface area contributed by atoms with Gasteiger partial charge in [0.15, 0.2) is 0 Å². The van der Waals surface area contributed by atoms with Gasteiger partial charge in [0.05, 0.1) is 18.3 Å². The van der Waals surface area contributed by atoms with E-state index in [4.69, 9.17) is 20.9 Å². The highest BCUT2D eigenvalue weighted by Crippen LogP contribution is 2.64. The zero-order valence-corrected chi connectivity index (χ0v) is 22.5. The molecule has 2 aromatic rings. The van der Waals surface area contributed by atoms with Crippen LogP contribution in [0.4, 0.5) is 0 Å². The molecular weight excluding hydrogens is 510 g/mol. The van der Waals surface area contributed by atoms with Gasteiger partial charge in [-0.15, -0.1) is 11.3 Å². The van der Waals surface area contributed by atoms with E-state index in [2.05, 4.69) is 11.4 Å². The predicted octanol–water partition coefficient (Wildman–Crippen LogP) is 4.72. The standard InChI is InChI=1S/C15H16ClNO2S.C10H16O4S/c1-19-15(18)14(12-6-2-3-7-13(12)16)17-9-8-11-5-4-10-20-11;1-9(2)7-3-4-10(9,8(11)5-7)6-15(12,13)14/h2-7,10,14,17H,8-9H2,1H3;7H,3-6H2,1-2H3,(H,12,13,14)/t;7-,10-/m.1/s1. The van der Waals surface area contributed by atoms with Gasteiger partial charge in [-0.05, 0) is 53.7 Å². The van der Waals surface area contributed by atoms with Crippen LogP contribution in [0.1, 0.15) is 49.6 Å². The summed E-state index contributed by atoms with van der Waals surface area (Å²) in [5.74, 6) is -0.431. The van der Waals surface area contributed by atoms with E-state index in [9.17, 15) is 18.0 Å². The van der Waals surface area contributed by atoms with Gasteiger partial charge < -0.3 is 10.1 Å². The number of esters is 1. The van der Waals surface area contributed by atoms with Gasteiger partial charge in [0, 0.05) is 22.9 Å². The third-order valence-electron chi connectivity index (χ3n) is 7.52. The highest BCUT2D eigenvalue weighted by Gasteiger charge is 2.65. The van der Waals surface area contributed by atoms with Gasteiger partial charge in [-0.25, -0.2) is 4.79 Å². The lowest BCUT2D eigenvalue weighted by Gasteiger charge is -2.35. The monoisotopic (exact) mass is 541 g/mol. The third-order valence-corrected chi connectivity index (χ3v) is 9.66. The average Bonchev–Trinajstić information content (AvgIpc) is 3.43. The number of methoxy groups -OCH3 is 1. The van der Waals surface area contributed by atoms with Gasteiger partial charge in [-0.2, -0.15) is 8.42 Å². The number of thiophene rings is 1. The Morgan fingerprint density at radius 2 is 2.00 bits per heavy atom. The van der Waals surface area contributed by atoms with Crippen molar-refractivity contribution in [3.63, 3.8) is 0 Å². The second-order valence-electron chi connectivity index (χ2n) is 9.65. The Morgan fingerprint density at radius 1 is 1.29 bits per heavy atom. The van der Waals surface area contributed by atoms with Crippen molar-refractivity contribution in [3.8, 4) is 0 Å². The molecule has 1 unspecified atom stereocenters.